The van der Waals surface area contributed by atoms with Gasteiger partial charge in [-0.25, -0.2) is 0 Å². The van der Waals surface area contributed by atoms with Gasteiger partial charge in [-0.3, -0.25) is 4.79 Å². The van der Waals surface area contributed by atoms with Crippen molar-refractivity contribution in [2.24, 2.45) is 5.73 Å². The summed E-state index contributed by atoms with van der Waals surface area (Å²) in [6, 6.07) is 7.73. The molecule has 0 aromatic heterocycles. The fourth-order valence-corrected chi connectivity index (χ4v) is 1.41. The summed E-state index contributed by atoms with van der Waals surface area (Å²) in [5.41, 5.74) is 7.62. The van der Waals surface area contributed by atoms with Crippen LogP contribution in [0, 0.1) is 0 Å². The molecule has 0 aliphatic heterocycles. The van der Waals surface area contributed by atoms with Gasteiger partial charge in [0, 0.05) is 19.6 Å². The standard InChI is InChI=1S/C12H17NO2/c1-2-15-9-12(14)7-10-5-3-4-6-11(10)8-13/h3-6H,2,7-9,13H2,1H3. The van der Waals surface area contributed by atoms with E-state index in [0.29, 0.717) is 19.6 Å². The Balaban J connectivity index is 2.59. The van der Waals surface area contributed by atoms with Gasteiger partial charge >= 0.3 is 0 Å². The first kappa shape index (κ1) is 11.9. The summed E-state index contributed by atoms with van der Waals surface area (Å²) in [7, 11) is 0. The van der Waals surface area contributed by atoms with Crippen molar-refractivity contribution in [3.8, 4) is 0 Å². The van der Waals surface area contributed by atoms with Crippen LogP contribution >= 0.6 is 0 Å². The highest BCUT2D eigenvalue weighted by molar-refractivity contribution is 5.82. The second-order valence-electron chi connectivity index (χ2n) is 3.33. The number of ketones is 1. The van der Waals surface area contributed by atoms with Gasteiger partial charge in [-0.05, 0) is 18.1 Å². The van der Waals surface area contributed by atoms with E-state index in [-0.39, 0.29) is 12.4 Å². The minimum absolute atomic E-state index is 0.0951. The number of nitrogens with two attached hydrogens (primary N) is 1. The van der Waals surface area contributed by atoms with Crippen LogP contribution < -0.4 is 5.73 Å². The lowest BCUT2D eigenvalue weighted by atomic mass is 10.0. The van der Waals surface area contributed by atoms with Crippen LogP contribution in [-0.4, -0.2) is 19.0 Å². The summed E-state index contributed by atoms with van der Waals surface area (Å²) in [6.07, 6.45) is 0.410. The highest BCUT2D eigenvalue weighted by Crippen LogP contribution is 2.09. The third-order valence-electron chi connectivity index (χ3n) is 2.19. The molecule has 3 nitrogen and oxygen atoms in total. The predicted octanol–water partition coefficient (Wildman–Crippen LogP) is 1.29. The first-order valence-corrected chi connectivity index (χ1v) is 5.14. The molecule has 0 aliphatic carbocycles. The van der Waals surface area contributed by atoms with Crippen LogP contribution in [-0.2, 0) is 22.5 Å². The molecule has 0 amide bonds. The molecule has 0 aliphatic rings. The maximum Gasteiger partial charge on any atom is 0.162 e. The molecule has 0 unspecified atom stereocenters. The van der Waals surface area contributed by atoms with Crippen molar-refractivity contribution in [2.45, 2.75) is 19.9 Å². The van der Waals surface area contributed by atoms with E-state index in [4.69, 9.17) is 10.5 Å². The number of benzene rings is 1. The largest absolute Gasteiger partial charge is 0.374 e. The Hall–Kier alpha value is -1.19. The molecule has 1 aromatic rings. The summed E-state index contributed by atoms with van der Waals surface area (Å²) in [5.74, 6) is 0.0951. The number of ether oxygens (including phenoxy) is 1. The van der Waals surface area contributed by atoms with E-state index in [1.54, 1.807) is 0 Å². The monoisotopic (exact) mass is 207 g/mol. The molecule has 3 heteroatoms. The van der Waals surface area contributed by atoms with E-state index in [1.165, 1.54) is 0 Å². The third-order valence-corrected chi connectivity index (χ3v) is 2.19. The van der Waals surface area contributed by atoms with Crippen LogP contribution in [0.4, 0.5) is 0 Å². The number of rotatable bonds is 6. The average Bonchev–Trinajstić information content (AvgIpc) is 2.27. The first-order chi connectivity index (χ1) is 7.27. The van der Waals surface area contributed by atoms with Crippen LogP contribution in [0.25, 0.3) is 0 Å². The summed E-state index contributed by atoms with van der Waals surface area (Å²) in [6.45, 7) is 3.11. The second kappa shape index (κ2) is 6.32. The highest BCUT2D eigenvalue weighted by atomic mass is 16.5. The van der Waals surface area contributed by atoms with Gasteiger partial charge in [0.05, 0.1) is 0 Å². The zero-order chi connectivity index (χ0) is 11.1. The van der Waals surface area contributed by atoms with Gasteiger partial charge in [-0.15, -0.1) is 0 Å². The fraction of sp³-hybridized carbons (Fsp3) is 0.417. The van der Waals surface area contributed by atoms with Gasteiger partial charge in [0.2, 0.25) is 0 Å². The van der Waals surface area contributed by atoms with Crippen LogP contribution in [0.2, 0.25) is 0 Å². The number of hydrogen-bond donors (Lipinski definition) is 1. The Morgan fingerprint density at radius 3 is 2.60 bits per heavy atom. The van der Waals surface area contributed by atoms with Gasteiger partial charge in [-0.2, -0.15) is 0 Å². The lowest BCUT2D eigenvalue weighted by Crippen LogP contribution is -2.13. The summed E-state index contributed by atoms with van der Waals surface area (Å²) in [4.78, 5) is 11.5. The minimum Gasteiger partial charge on any atom is -0.374 e. The van der Waals surface area contributed by atoms with Crippen molar-refractivity contribution >= 4 is 5.78 Å². The lowest BCUT2D eigenvalue weighted by Gasteiger charge is -2.06. The maximum atomic E-state index is 11.5. The number of carbonyl (C=O) groups excluding carboxylic acids is 1. The van der Waals surface area contributed by atoms with E-state index in [0.717, 1.165) is 11.1 Å². The SMILES string of the molecule is CCOCC(=O)Cc1ccccc1CN. The molecule has 0 atom stereocenters. The van der Waals surface area contributed by atoms with Crippen LogP contribution in [0.15, 0.2) is 24.3 Å². The molecule has 0 saturated carbocycles. The van der Waals surface area contributed by atoms with Gasteiger partial charge in [0.25, 0.3) is 0 Å². The van der Waals surface area contributed by atoms with E-state index in [1.807, 2.05) is 31.2 Å². The quantitative estimate of drug-likeness (QED) is 0.764. The van der Waals surface area contributed by atoms with Crippen molar-refractivity contribution in [1.29, 1.82) is 0 Å². The maximum absolute atomic E-state index is 11.5. The van der Waals surface area contributed by atoms with Crippen molar-refractivity contribution in [3.63, 3.8) is 0 Å². The van der Waals surface area contributed by atoms with Crippen molar-refractivity contribution in [3.05, 3.63) is 35.4 Å². The lowest BCUT2D eigenvalue weighted by molar-refractivity contribution is -0.122. The molecule has 15 heavy (non-hydrogen) atoms. The van der Waals surface area contributed by atoms with Crippen molar-refractivity contribution < 1.29 is 9.53 Å². The molecular weight excluding hydrogens is 190 g/mol. The van der Waals surface area contributed by atoms with E-state index in [2.05, 4.69) is 0 Å². The van der Waals surface area contributed by atoms with Gasteiger partial charge in [0.1, 0.15) is 6.61 Å². The summed E-state index contributed by atoms with van der Waals surface area (Å²) >= 11 is 0. The molecule has 0 bridgehead atoms. The fourth-order valence-electron chi connectivity index (χ4n) is 1.41. The van der Waals surface area contributed by atoms with Crippen LogP contribution in [0.3, 0.4) is 0 Å². The molecule has 0 heterocycles. The molecule has 0 radical (unpaired) electrons. The average molecular weight is 207 g/mol. The zero-order valence-corrected chi connectivity index (χ0v) is 9.03. The molecule has 82 valence electrons. The minimum atomic E-state index is 0.0951. The van der Waals surface area contributed by atoms with Crippen LogP contribution in [0.5, 0.6) is 0 Å². The highest BCUT2D eigenvalue weighted by Gasteiger charge is 2.06. The van der Waals surface area contributed by atoms with Gasteiger partial charge < -0.3 is 10.5 Å². The van der Waals surface area contributed by atoms with Crippen LogP contribution in [0.1, 0.15) is 18.1 Å². The predicted molar refractivity (Wildman–Crippen MR) is 59.5 cm³/mol. The Kier molecular flexibility index (Phi) is 5.01. The Bertz CT molecular complexity index is 323. The molecule has 0 spiro atoms. The Morgan fingerprint density at radius 1 is 1.33 bits per heavy atom. The van der Waals surface area contributed by atoms with Crippen molar-refractivity contribution in [1.82, 2.24) is 0 Å². The second-order valence-corrected chi connectivity index (χ2v) is 3.33. The molecule has 0 saturated heterocycles. The number of carbonyl (C=O) groups is 1. The number of hydrogen-bond acceptors (Lipinski definition) is 3. The third kappa shape index (κ3) is 3.81. The molecule has 1 aromatic carbocycles. The summed E-state index contributed by atoms with van der Waals surface area (Å²) < 4.78 is 5.06. The van der Waals surface area contributed by atoms with Gasteiger partial charge in [-0.1, -0.05) is 24.3 Å². The zero-order valence-electron chi connectivity index (χ0n) is 9.03. The number of Topliss-reactive ketones (excluding diaryl/α,β-unsaturated/α-hetero) is 1. The smallest absolute Gasteiger partial charge is 0.162 e. The molecule has 1 rings (SSSR count). The van der Waals surface area contributed by atoms with E-state index >= 15 is 0 Å². The molecular formula is C12H17NO2. The topological polar surface area (TPSA) is 52.3 Å². The molecule has 2 N–H and O–H groups in total. The Labute approximate surface area is 90.2 Å². The Morgan fingerprint density at radius 2 is 2.00 bits per heavy atom. The molecule has 0 fully saturated rings. The van der Waals surface area contributed by atoms with Crippen molar-refractivity contribution in [2.75, 3.05) is 13.2 Å². The normalized spacial score (nSPS) is 10.3. The van der Waals surface area contributed by atoms with Gasteiger partial charge in [0.15, 0.2) is 5.78 Å². The van der Waals surface area contributed by atoms with E-state index in [9.17, 15) is 4.79 Å². The van der Waals surface area contributed by atoms with E-state index < -0.39 is 0 Å². The summed E-state index contributed by atoms with van der Waals surface area (Å²) in [5, 5.41) is 0. The first-order valence-electron chi connectivity index (χ1n) is 5.14.